The first kappa shape index (κ1) is 8.48. The molecule has 0 bridgehead atoms. The molecule has 0 spiro atoms. The number of hydrogen-bond acceptors (Lipinski definition) is 4. The van der Waals surface area contributed by atoms with Crippen LogP contribution >= 0.6 is 0 Å². The molecule has 0 radical (unpaired) electrons. The van der Waals surface area contributed by atoms with Gasteiger partial charge in [-0.25, -0.2) is 0 Å². The van der Waals surface area contributed by atoms with Crippen molar-refractivity contribution in [1.82, 2.24) is 4.98 Å². The molecule has 4 nitrogen and oxygen atoms in total. The van der Waals surface area contributed by atoms with Gasteiger partial charge in [0, 0.05) is 17.6 Å². The van der Waals surface area contributed by atoms with Gasteiger partial charge in [-0.1, -0.05) is 0 Å². The number of nitrogens with two attached hydrogens (primary N) is 1. The Balaban J connectivity index is 2.75. The average molecular weight is 185 g/mol. The molecule has 2 rings (SSSR count). The van der Waals surface area contributed by atoms with Crippen molar-refractivity contribution in [3.8, 4) is 11.8 Å². The molecule has 1 heterocycles. The van der Waals surface area contributed by atoms with Crippen LogP contribution in [0.2, 0.25) is 0 Å². The first-order valence-electron chi connectivity index (χ1n) is 4.01. The van der Waals surface area contributed by atoms with Crippen LogP contribution in [0.3, 0.4) is 0 Å². The molecule has 14 heavy (non-hydrogen) atoms. The normalized spacial score (nSPS) is 9.71. The van der Waals surface area contributed by atoms with Crippen LogP contribution in [0.15, 0.2) is 30.5 Å². The van der Waals surface area contributed by atoms with Gasteiger partial charge >= 0.3 is 0 Å². The number of nitrogens with zero attached hydrogens (tertiary/aromatic N) is 2. The van der Waals surface area contributed by atoms with E-state index < -0.39 is 0 Å². The summed E-state index contributed by atoms with van der Waals surface area (Å²) >= 11 is 0. The number of rotatable bonds is 1. The number of hydrogen-bond donors (Lipinski definition) is 1. The molecule has 2 N–H and O–H groups in total. The van der Waals surface area contributed by atoms with Gasteiger partial charge in [0.25, 0.3) is 0 Å². The maximum atomic E-state index is 8.69. The maximum absolute atomic E-state index is 8.69. The van der Waals surface area contributed by atoms with Gasteiger partial charge in [-0.2, -0.15) is 11.2 Å². The van der Waals surface area contributed by atoms with Gasteiger partial charge in [0.2, 0.25) is 0 Å². The molecule has 0 fully saturated rings. The molecule has 68 valence electrons. The molecule has 4 heteroatoms. The van der Waals surface area contributed by atoms with E-state index in [2.05, 4.69) is 9.82 Å². The molecular weight excluding hydrogens is 178 g/mol. The lowest BCUT2D eigenvalue weighted by Crippen LogP contribution is -2.02. The minimum atomic E-state index is 0.555. The smallest absolute Gasteiger partial charge is 0.157 e. The minimum absolute atomic E-state index is 0.555. The van der Waals surface area contributed by atoms with Crippen LogP contribution in [-0.4, -0.2) is 4.98 Å². The predicted molar refractivity (Wildman–Crippen MR) is 51.3 cm³/mol. The van der Waals surface area contributed by atoms with Crippen LogP contribution in [0.25, 0.3) is 10.9 Å². The van der Waals surface area contributed by atoms with Gasteiger partial charge in [0.15, 0.2) is 5.75 Å². The van der Waals surface area contributed by atoms with Crippen molar-refractivity contribution < 1.29 is 4.84 Å². The van der Waals surface area contributed by atoms with Crippen molar-refractivity contribution in [2.75, 3.05) is 0 Å². The van der Waals surface area contributed by atoms with E-state index >= 15 is 0 Å². The summed E-state index contributed by atoms with van der Waals surface area (Å²) in [5.74, 6) is 5.65. The zero-order valence-corrected chi connectivity index (χ0v) is 7.27. The fourth-order valence-electron chi connectivity index (χ4n) is 1.29. The highest BCUT2D eigenvalue weighted by molar-refractivity contribution is 5.85. The zero-order valence-electron chi connectivity index (χ0n) is 7.27. The van der Waals surface area contributed by atoms with E-state index in [1.165, 1.54) is 0 Å². The van der Waals surface area contributed by atoms with Gasteiger partial charge in [0.1, 0.15) is 0 Å². The molecule has 0 aliphatic rings. The number of benzene rings is 1. The zero-order chi connectivity index (χ0) is 9.97. The van der Waals surface area contributed by atoms with Crippen molar-refractivity contribution in [2.24, 2.45) is 5.90 Å². The quantitative estimate of drug-likeness (QED) is 0.681. The van der Waals surface area contributed by atoms with Crippen LogP contribution in [0.1, 0.15) is 5.56 Å². The number of pyridine rings is 1. The molecule has 1 aromatic carbocycles. The van der Waals surface area contributed by atoms with Crippen LogP contribution in [0, 0.1) is 11.3 Å². The molecule has 0 atom stereocenters. The lowest BCUT2D eigenvalue weighted by Gasteiger charge is -2.02. The first-order valence-corrected chi connectivity index (χ1v) is 4.01. The second kappa shape index (κ2) is 3.32. The van der Waals surface area contributed by atoms with Crippen LogP contribution in [0.5, 0.6) is 5.75 Å². The Morgan fingerprint density at radius 2 is 2.21 bits per heavy atom. The summed E-state index contributed by atoms with van der Waals surface area (Å²) in [6.07, 6.45) is 1.59. The number of fused-ring (bicyclic) bond motifs is 1. The summed E-state index contributed by atoms with van der Waals surface area (Å²) < 4.78 is 0. The number of aromatic nitrogens is 1. The standard InChI is InChI=1S/C10H7N3O/c11-6-7-1-2-8-9(5-7)13-4-3-10(8)14-12/h1-5H,12H2. The SMILES string of the molecule is N#Cc1ccc2c(ON)ccnc2c1. The molecule has 0 saturated heterocycles. The van der Waals surface area contributed by atoms with E-state index in [4.69, 9.17) is 11.2 Å². The van der Waals surface area contributed by atoms with E-state index in [-0.39, 0.29) is 0 Å². The molecule has 1 aromatic heterocycles. The third-order valence-corrected chi connectivity index (χ3v) is 1.96. The predicted octanol–water partition coefficient (Wildman–Crippen LogP) is 1.36. The minimum Gasteiger partial charge on any atom is -0.411 e. The summed E-state index contributed by atoms with van der Waals surface area (Å²) in [6.45, 7) is 0. The topological polar surface area (TPSA) is 71.9 Å². The van der Waals surface area contributed by atoms with Crippen LogP contribution in [-0.2, 0) is 0 Å². The van der Waals surface area contributed by atoms with Gasteiger partial charge in [-0.05, 0) is 18.2 Å². The van der Waals surface area contributed by atoms with E-state index in [1.54, 1.807) is 30.5 Å². The van der Waals surface area contributed by atoms with E-state index in [0.717, 1.165) is 5.39 Å². The van der Waals surface area contributed by atoms with Crippen molar-refractivity contribution in [3.63, 3.8) is 0 Å². The largest absolute Gasteiger partial charge is 0.411 e. The summed E-state index contributed by atoms with van der Waals surface area (Å²) in [5, 5.41) is 9.49. The lowest BCUT2D eigenvalue weighted by atomic mass is 10.1. The van der Waals surface area contributed by atoms with E-state index in [0.29, 0.717) is 16.8 Å². The first-order chi connectivity index (χ1) is 6.85. The Labute approximate surface area is 80.5 Å². The third-order valence-electron chi connectivity index (χ3n) is 1.96. The van der Waals surface area contributed by atoms with E-state index in [1.807, 2.05) is 6.07 Å². The molecule has 0 amide bonds. The lowest BCUT2D eigenvalue weighted by molar-refractivity contribution is 0.338. The fraction of sp³-hybridized carbons (Fsp3) is 0. The second-order valence-corrected chi connectivity index (χ2v) is 2.77. The van der Waals surface area contributed by atoms with Crippen molar-refractivity contribution in [2.45, 2.75) is 0 Å². The highest BCUT2D eigenvalue weighted by atomic mass is 16.6. The maximum Gasteiger partial charge on any atom is 0.157 e. The van der Waals surface area contributed by atoms with Gasteiger partial charge in [-0.3, -0.25) is 4.98 Å². The molecule has 0 aliphatic heterocycles. The van der Waals surface area contributed by atoms with Gasteiger partial charge < -0.3 is 4.84 Å². The van der Waals surface area contributed by atoms with Crippen LogP contribution in [0.4, 0.5) is 0 Å². The highest BCUT2D eigenvalue weighted by Crippen LogP contribution is 2.23. The summed E-state index contributed by atoms with van der Waals surface area (Å²) in [4.78, 5) is 8.79. The van der Waals surface area contributed by atoms with Crippen molar-refractivity contribution >= 4 is 10.9 Å². The Hall–Kier alpha value is -2.12. The van der Waals surface area contributed by atoms with Gasteiger partial charge in [-0.15, -0.1) is 0 Å². The molecular formula is C10H7N3O. The molecule has 0 saturated carbocycles. The Morgan fingerprint density at radius 1 is 1.36 bits per heavy atom. The fourth-order valence-corrected chi connectivity index (χ4v) is 1.29. The summed E-state index contributed by atoms with van der Waals surface area (Å²) in [7, 11) is 0. The molecule has 0 aliphatic carbocycles. The van der Waals surface area contributed by atoms with Gasteiger partial charge in [0.05, 0.1) is 17.1 Å². The Bertz CT molecular complexity index is 516. The molecule has 0 unspecified atom stereocenters. The average Bonchev–Trinajstić information content (AvgIpc) is 2.27. The molecule has 2 aromatic rings. The van der Waals surface area contributed by atoms with Crippen LogP contribution < -0.4 is 10.7 Å². The summed E-state index contributed by atoms with van der Waals surface area (Å²) in [5.41, 5.74) is 1.27. The number of nitriles is 1. The Kier molecular flexibility index (Phi) is 2.01. The highest BCUT2D eigenvalue weighted by Gasteiger charge is 2.02. The summed E-state index contributed by atoms with van der Waals surface area (Å²) in [6, 6.07) is 8.88. The third kappa shape index (κ3) is 1.26. The second-order valence-electron chi connectivity index (χ2n) is 2.77. The van der Waals surface area contributed by atoms with Crippen molar-refractivity contribution in [1.29, 1.82) is 5.26 Å². The van der Waals surface area contributed by atoms with Crippen molar-refractivity contribution in [3.05, 3.63) is 36.0 Å². The Morgan fingerprint density at radius 3 is 2.93 bits per heavy atom. The van der Waals surface area contributed by atoms with E-state index in [9.17, 15) is 0 Å². The monoisotopic (exact) mass is 185 g/mol.